The largest absolute Gasteiger partial charge is 0.232 e. The fourth-order valence-electron chi connectivity index (χ4n) is 2.01. The number of hydrogen-bond acceptors (Lipinski definition) is 5. The van der Waals surface area contributed by atoms with Crippen LogP contribution < -0.4 is 0 Å². The van der Waals surface area contributed by atoms with Crippen molar-refractivity contribution in [3.05, 3.63) is 65.2 Å². The molecule has 23 heavy (non-hydrogen) atoms. The van der Waals surface area contributed by atoms with Crippen molar-refractivity contribution in [1.29, 1.82) is 0 Å². The van der Waals surface area contributed by atoms with Crippen molar-refractivity contribution in [2.75, 3.05) is 0 Å². The van der Waals surface area contributed by atoms with Crippen molar-refractivity contribution in [2.24, 2.45) is 0 Å². The fraction of sp³-hybridized carbons (Fsp3) is 0.118. The van der Waals surface area contributed by atoms with Crippen molar-refractivity contribution in [2.45, 2.75) is 32.9 Å². The lowest BCUT2D eigenvalue weighted by Gasteiger charge is -2.05. The Kier molecular flexibility index (Phi) is 4.57. The van der Waals surface area contributed by atoms with Crippen LogP contribution in [0.2, 0.25) is 0 Å². The number of hydrogen-bond donors (Lipinski definition) is 0. The van der Waals surface area contributed by atoms with E-state index in [1.165, 1.54) is 28.7 Å². The van der Waals surface area contributed by atoms with E-state index in [1.54, 1.807) is 29.8 Å². The first-order valence-corrected chi connectivity index (χ1v) is 10.1. The van der Waals surface area contributed by atoms with Crippen LogP contribution in [-0.4, -0.2) is 13.4 Å². The molecule has 0 atom stereocenters. The molecule has 0 fully saturated rings. The predicted octanol–water partition coefficient (Wildman–Crippen LogP) is 4.74. The van der Waals surface area contributed by atoms with Gasteiger partial charge in [-0.1, -0.05) is 47.2 Å². The maximum atomic E-state index is 12.8. The van der Waals surface area contributed by atoms with E-state index < -0.39 is 9.84 Å². The molecule has 0 radical (unpaired) electrons. The van der Waals surface area contributed by atoms with Gasteiger partial charge in [0.05, 0.1) is 10.4 Å². The van der Waals surface area contributed by atoms with Gasteiger partial charge in [0.1, 0.15) is 4.21 Å². The molecule has 1 heterocycles. The number of aryl methyl sites for hydroxylation is 2. The summed E-state index contributed by atoms with van der Waals surface area (Å²) in [5.74, 6) is 0. The highest BCUT2D eigenvalue weighted by Crippen LogP contribution is 2.37. The molecule has 1 aromatic heterocycles. The smallest absolute Gasteiger partial charge is 0.225 e. The molecule has 0 unspecified atom stereocenters. The Bertz CT molecular complexity index is 911. The van der Waals surface area contributed by atoms with Crippen LogP contribution in [0.4, 0.5) is 0 Å². The lowest BCUT2D eigenvalue weighted by molar-refractivity contribution is 0.591. The minimum atomic E-state index is -3.59. The van der Waals surface area contributed by atoms with Crippen molar-refractivity contribution in [1.82, 2.24) is 4.98 Å². The summed E-state index contributed by atoms with van der Waals surface area (Å²) in [7, 11) is -3.59. The van der Waals surface area contributed by atoms with E-state index in [4.69, 9.17) is 0 Å². The molecule has 3 rings (SSSR count). The summed E-state index contributed by atoms with van der Waals surface area (Å²) in [4.78, 5) is 5.39. The molecule has 0 N–H and O–H groups in total. The molecule has 3 aromatic rings. The van der Waals surface area contributed by atoms with Gasteiger partial charge in [0.2, 0.25) is 9.84 Å². The van der Waals surface area contributed by atoms with Crippen LogP contribution in [0.3, 0.4) is 0 Å². The number of thiazole rings is 1. The number of sulfone groups is 1. The molecule has 6 heteroatoms. The van der Waals surface area contributed by atoms with Gasteiger partial charge in [0, 0.05) is 4.90 Å². The summed E-state index contributed by atoms with van der Waals surface area (Å²) in [6.07, 6.45) is 0. The maximum Gasteiger partial charge on any atom is 0.225 e. The highest BCUT2D eigenvalue weighted by molar-refractivity contribution is 8.02. The van der Waals surface area contributed by atoms with Gasteiger partial charge in [-0.3, -0.25) is 0 Å². The van der Waals surface area contributed by atoms with Gasteiger partial charge >= 0.3 is 0 Å². The lowest BCUT2D eigenvalue weighted by Crippen LogP contribution is -2.03. The van der Waals surface area contributed by atoms with Crippen LogP contribution >= 0.6 is 23.1 Å². The zero-order valence-electron chi connectivity index (χ0n) is 12.7. The number of nitrogens with zero attached hydrogens (tertiary/aromatic N) is 1. The Balaban J connectivity index is 1.96. The number of benzene rings is 2. The molecule has 3 nitrogen and oxygen atoms in total. The first-order valence-electron chi connectivity index (χ1n) is 6.96. The zero-order chi connectivity index (χ0) is 16.4. The summed E-state index contributed by atoms with van der Waals surface area (Å²) in [5.41, 5.74) is 3.78. The van der Waals surface area contributed by atoms with Gasteiger partial charge in [-0.2, -0.15) is 0 Å². The van der Waals surface area contributed by atoms with E-state index in [0.29, 0.717) is 4.21 Å². The van der Waals surface area contributed by atoms with E-state index in [9.17, 15) is 8.42 Å². The molecule has 0 amide bonds. The second-order valence-electron chi connectivity index (χ2n) is 5.18. The molecule has 0 aliphatic carbocycles. The summed E-state index contributed by atoms with van der Waals surface area (Å²) in [6, 6.07) is 14.9. The Labute approximate surface area is 144 Å². The highest BCUT2D eigenvalue weighted by Gasteiger charge is 2.24. The molecular weight excluding hydrogens is 346 g/mol. The third-order valence-electron chi connectivity index (χ3n) is 3.32. The van der Waals surface area contributed by atoms with Crippen molar-refractivity contribution in [3.63, 3.8) is 0 Å². The molecule has 0 bridgehead atoms. The first-order chi connectivity index (χ1) is 11.0. The fourth-order valence-corrected chi connectivity index (χ4v) is 5.78. The Morgan fingerprint density at radius 2 is 1.48 bits per heavy atom. The van der Waals surface area contributed by atoms with Gasteiger partial charge < -0.3 is 0 Å². The van der Waals surface area contributed by atoms with Crippen molar-refractivity contribution in [3.8, 4) is 0 Å². The van der Waals surface area contributed by atoms with Crippen LogP contribution in [0, 0.1) is 13.8 Å². The Hall–Kier alpha value is -1.63. The summed E-state index contributed by atoms with van der Waals surface area (Å²) in [5, 5.41) is 0.136. The minimum Gasteiger partial charge on any atom is -0.232 e. The quantitative estimate of drug-likeness (QED) is 0.673. The summed E-state index contributed by atoms with van der Waals surface area (Å²) >= 11 is 2.78. The van der Waals surface area contributed by atoms with E-state index in [1.807, 2.05) is 38.1 Å². The average Bonchev–Trinajstić information content (AvgIpc) is 2.99. The minimum absolute atomic E-state index is 0.136. The van der Waals surface area contributed by atoms with E-state index >= 15 is 0 Å². The topological polar surface area (TPSA) is 47.0 Å². The van der Waals surface area contributed by atoms with Crippen molar-refractivity contribution < 1.29 is 8.42 Å². The van der Waals surface area contributed by atoms with Crippen LogP contribution in [0.1, 0.15) is 11.1 Å². The van der Waals surface area contributed by atoms with Crippen LogP contribution in [0.5, 0.6) is 0 Å². The standard InChI is InChI=1S/C17H15NO2S3/c1-12-3-7-14(8-4-12)22-17-16(18-11-21-17)23(19,20)15-9-5-13(2)6-10-15/h3-11H,1-2H3. The van der Waals surface area contributed by atoms with Gasteiger partial charge in [-0.05, 0) is 38.1 Å². The lowest BCUT2D eigenvalue weighted by atomic mass is 10.2. The zero-order valence-corrected chi connectivity index (χ0v) is 15.1. The summed E-state index contributed by atoms with van der Waals surface area (Å²) in [6.45, 7) is 3.95. The second-order valence-corrected chi connectivity index (χ2v) is 9.24. The molecule has 0 aliphatic rings. The van der Waals surface area contributed by atoms with Crippen LogP contribution in [0.15, 0.2) is 73.1 Å². The first kappa shape index (κ1) is 16.2. The molecular formula is C17H15NO2S3. The third kappa shape index (κ3) is 3.49. The molecule has 0 saturated heterocycles. The maximum absolute atomic E-state index is 12.8. The van der Waals surface area contributed by atoms with Crippen LogP contribution in [-0.2, 0) is 9.84 Å². The SMILES string of the molecule is Cc1ccc(Sc2scnc2S(=O)(=O)c2ccc(C)cc2)cc1. The average molecular weight is 362 g/mol. The third-order valence-corrected chi connectivity index (χ3v) is 7.34. The molecule has 0 spiro atoms. The van der Waals surface area contributed by atoms with Gasteiger partial charge in [0.15, 0.2) is 5.03 Å². The highest BCUT2D eigenvalue weighted by atomic mass is 32.2. The molecule has 118 valence electrons. The van der Waals surface area contributed by atoms with Gasteiger partial charge in [-0.15, -0.1) is 11.3 Å². The van der Waals surface area contributed by atoms with E-state index in [2.05, 4.69) is 4.98 Å². The summed E-state index contributed by atoms with van der Waals surface area (Å²) < 4.78 is 26.3. The Morgan fingerprint density at radius 1 is 0.913 bits per heavy atom. The second kappa shape index (κ2) is 6.47. The van der Waals surface area contributed by atoms with Gasteiger partial charge in [-0.25, -0.2) is 13.4 Å². The Morgan fingerprint density at radius 3 is 2.09 bits per heavy atom. The van der Waals surface area contributed by atoms with E-state index in [0.717, 1.165) is 10.5 Å². The molecule has 0 aliphatic heterocycles. The number of aromatic nitrogens is 1. The van der Waals surface area contributed by atoms with Crippen molar-refractivity contribution >= 4 is 32.9 Å². The van der Waals surface area contributed by atoms with E-state index in [-0.39, 0.29) is 9.92 Å². The predicted molar refractivity (Wildman–Crippen MR) is 94.0 cm³/mol. The number of rotatable bonds is 4. The monoisotopic (exact) mass is 361 g/mol. The van der Waals surface area contributed by atoms with Gasteiger partial charge in [0.25, 0.3) is 0 Å². The molecule has 0 saturated carbocycles. The van der Waals surface area contributed by atoms with Crippen LogP contribution in [0.25, 0.3) is 0 Å². The normalized spacial score (nSPS) is 11.6. The molecule has 2 aromatic carbocycles.